The molecule has 0 fully saturated rings. The molecular weight excluding hydrogens is 248 g/mol. The smallest absolute Gasteiger partial charge is 0.303 e. The summed E-state index contributed by atoms with van der Waals surface area (Å²) in [5, 5.41) is 9.06. The summed E-state index contributed by atoms with van der Waals surface area (Å²) < 4.78 is 0. The molecule has 1 N–H and O–H groups in total. The number of hydrogen-bond donors (Lipinski definition) is 1. The zero-order chi connectivity index (χ0) is 14.2. The maximum absolute atomic E-state index is 11.0. The fraction of sp³-hybridized carbons (Fsp3) is 0.278. The summed E-state index contributed by atoms with van der Waals surface area (Å²) in [6, 6.07) is 20.3. The van der Waals surface area contributed by atoms with Gasteiger partial charge < -0.3 is 5.11 Å². The molecule has 0 aromatic heterocycles. The van der Waals surface area contributed by atoms with Crippen LogP contribution in [0.5, 0.6) is 0 Å². The molecule has 104 valence electrons. The predicted molar refractivity (Wildman–Crippen MR) is 80.8 cm³/mol. The minimum atomic E-state index is -0.724. The summed E-state index contributed by atoms with van der Waals surface area (Å²) in [5.74, 6) is -0.615. The molecule has 2 aromatic rings. The van der Waals surface area contributed by atoms with Crippen molar-refractivity contribution in [3.63, 3.8) is 0 Å². The number of carboxylic acids is 1. The Bertz CT molecular complexity index is 520. The van der Waals surface area contributed by atoms with Gasteiger partial charge in [0.05, 0.1) is 6.42 Å². The van der Waals surface area contributed by atoms with E-state index in [9.17, 15) is 4.79 Å². The number of carbonyl (C=O) groups is 1. The van der Waals surface area contributed by atoms with E-state index in [2.05, 4.69) is 12.1 Å². The first-order valence-corrected chi connectivity index (χ1v) is 7.06. The number of carboxylic acid groups (broad SMARTS) is 1. The van der Waals surface area contributed by atoms with E-state index in [-0.39, 0.29) is 12.3 Å². The Kier molecular flexibility index (Phi) is 5.36. The highest BCUT2D eigenvalue weighted by Crippen LogP contribution is 2.25. The number of hydrogen-bond acceptors (Lipinski definition) is 1. The first-order valence-electron chi connectivity index (χ1n) is 7.06. The van der Waals surface area contributed by atoms with E-state index in [1.165, 1.54) is 5.56 Å². The number of aryl methyl sites for hydroxylation is 1. The molecule has 2 aromatic carbocycles. The van der Waals surface area contributed by atoms with Crippen molar-refractivity contribution in [3.8, 4) is 0 Å². The van der Waals surface area contributed by atoms with E-state index in [0.29, 0.717) is 0 Å². The van der Waals surface area contributed by atoms with E-state index in [1.54, 1.807) is 0 Å². The topological polar surface area (TPSA) is 37.3 Å². The molecule has 1 unspecified atom stereocenters. The van der Waals surface area contributed by atoms with Gasteiger partial charge in [-0.25, -0.2) is 0 Å². The Labute approximate surface area is 120 Å². The van der Waals surface area contributed by atoms with Crippen molar-refractivity contribution < 1.29 is 9.90 Å². The van der Waals surface area contributed by atoms with Crippen molar-refractivity contribution >= 4 is 5.97 Å². The van der Waals surface area contributed by atoms with Crippen molar-refractivity contribution in [1.82, 2.24) is 0 Å². The van der Waals surface area contributed by atoms with Gasteiger partial charge in [-0.15, -0.1) is 0 Å². The van der Waals surface area contributed by atoms with E-state index < -0.39 is 5.97 Å². The van der Waals surface area contributed by atoms with Gasteiger partial charge in [0, 0.05) is 0 Å². The van der Waals surface area contributed by atoms with Crippen molar-refractivity contribution in [2.75, 3.05) is 0 Å². The second kappa shape index (κ2) is 7.49. The van der Waals surface area contributed by atoms with Gasteiger partial charge >= 0.3 is 5.97 Å². The standard InChI is InChI=1S/C18H20O2/c19-18(20)14-17(16-11-5-2-6-12-16)13-7-10-15-8-3-1-4-9-15/h1-6,8-9,11-12,17H,7,10,13-14H2,(H,19,20). The van der Waals surface area contributed by atoms with E-state index >= 15 is 0 Å². The fourth-order valence-electron chi connectivity index (χ4n) is 2.52. The summed E-state index contributed by atoms with van der Waals surface area (Å²) in [6.07, 6.45) is 3.13. The maximum atomic E-state index is 11.0. The van der Waals surface area contributed by atoms with Gasteiger partial charge in [-0.2, -0.15) is 0 Å². The van der Waals surface area contributed by atoms with Crippen LogP contribution in [0.25, 0.3) is 0 Å². The maximum Gasteiger partial charge on any atom is 0.303 e. The van der Waals surface area contributed by atoms with Gasteiger partial charge in [0.1, 0.15) is 0 Å². The highest BCUT2D eigenvalue weighted by molar-refractivity contribution is 5.68. The molecule has 0 radical (unpaired) electrons. The molecular formula is C18H20O2. The molecule has 0 aliphatic heterocycles. The Balaban J connectivity index is 1.93. The van der Waals surface area contributed by atoms with Crippen molar-refractivity contribution in [3.05, 3.63) is 71.8 Å². The predicted octanol–water partition coefficient (Wildman–Crippen LogP) is 4.27. The lowest BCUT2D eigenvalue weighted by Gasteiger charge is -2.15. The van der Waals surface area contributed by atoms with Gasteiger partial charge in [0.15, 0.2) is 0 Å². The quantitative estimate of drug-likeness (QED) is 0.814. The molecule has 2 nitrogen and oxygen atoms in total. The molecule has 20 heavy (non-hydrogen) atoms. The molecule has 0 saturated carbocycles. The van der Waals surface area contributed by atoms with E-state index in [4.69, 9.17) is 5.11 Å². The SMILES string of the molecule is O=C(O)CC(CCCc1ccccc1)c1ccccc1. The Hall–Kier alpha value is -2.09. The Morgan fingerprint density at radius 1 is 0.950 bits per heavy atom. The minimum absolute atomic E-state index is 0.109. The zero-order valence-corrected chi connectivity index (χ0v) is 11.5. The molecule has 2 rings (SSSR count). The van der Waals surface area contributed by atoms with Crippen molar-refractivity contribution in [2.45, 2.75) is 31.6 Å². The molecule has 2 heteroatoms. The summed E-state index contributed by atoms with van der Waals surface area (Å²) in [5.41, 5.74) is 2.44. The lowest BCUT2D eigenvalue weighted by molar-refractivity contribution is -0.137. The van der Waals surface area contributed by atoms with Crippen LogP contribution in [0.1, 0.15) is 36.3 Å². The second-order valence-electron chi connectivity index (χ2n) is 5.08. The van der Waals surface area contributed by atoms with Crippen molar-refractivity contribution in [1.29, 1.82) is 0 Å². The third kappa shape index (κ3) is 4.54. The molecule has 1 atom stereocenters. The molecule has 0 saturated heterocycles. The summed E-state index contributed by atoms with van der Waals surface area (Å²) in [7, 11) is 0. The van der Waals surface area contributed by atoms with Gasteiger partial charge in [-0.1, -0.05) is 60.7 Å². The third-order valence-electron chi connectivity index (χ3n) is 3.55. The molecule has 0 bridgehead atoms. The second-order valence-corrected chi connectivity index (χ2v) is 5.08. The van der Waals surface area contributed by atoms with Crippen LogP contribution in [0.2, 0.25) is 0 Å². The Morgan fingerprint density at radius 2 is 1.55 bits per heavy atom. The molecule has 0 aliphatic carbocycles. The largest absolute Gasteiger partial charge is 0.481 e. The highest BCUT2D eigenvalue weighted by atomic mass is 16.4. The van der Waals surface area contributed by atoms with Crippen LogP contribution in [0, 0.1) is 0 Å². The van der Waals surface area contributed by atoms with Crippen LogP contribution in [0.4, 0.5) is 0 Å². The summed E-state index contributed by atoms with van der Waals surface area (Å²) in [6.45, 7) is 0. The first kappa shape index (κ1) is 14.3. The minimum Gasteiger partial charge on any atom is -0.481 e. The van der Waals surface area contributed by atoms with Gasteiger partial charge in [0.2, 0.25) is 0 Å². The zero-order valence-electron chi connectivity index (χ0n) is 11.5. The van der Waals surface area contributed by atoms with Crippen molar-refractivity contribution in [2.24, 2.45) is 0 Å². The monoisotopic (exact) mass is 268 g/mol. The normalized spacial score (nSPS) is 12.0. The molecule has 0 spiro atoms. The Morgan fingerprint density at radius 3 is 2.15 bits per heavy atom. The molecule has 0 aliphatic rings. The fourth-order valence-corrected chi connectivity index (χ4v) is 2.52. The molecule has 0 heterocycles. The van der Waals surface area contributed by atoms with Crippen LogP contribution in [-0.4, -0.2) is 11.1 Å². The van der Waals surface area contributed by atoms with Gasteiger partial charge in [0.25, 0.3) is 0 Å². The first-order chi connectivity index (χ1) is 9.75. The molecule has 0 amide bonds. The van der Waals surface area contributed by atoms with E-state index in [0.717, 1.165) is 24.8 Å². The average Bonchev–Trinajstić information content (AvgIpc) is 2.48. The summed E-state index contributed by atoms with van der Waals surface area (Å²) >= 11 is 0. The van der Waals surface area contributed by atoms with Gasteiger partial charge in [-0.3, -0.25) is 4.79 Å². The summed E-state index contributed by atoms with van der Waals surface area (Å²) in [4.78, 5) is 11.0. The van der Waals surface area contributed by atoms with Crippen LogP contribution < -0.4 is 0 Å². The third-order valence-corrected chi connectivity index (χ3v) is 3.55. The van der Waals surface area contributed by atoms with Crippen LogP contribution >= 0.6 is 0 Å². The number of rotatable bonds is 7. The van der Waals surface area contributed by atoms with Crippen LogP contribution in [0.15, 0.2) is 60.7 Å². The van der Waals surface area contributed by atoms with Crippen LogP contribution in [-0.2, 0) is 11.2 Å². The average molecular weight is 268 g/mol. The van der Waals surface area contributed by atoms with Crippen LogP contribution in [0.3, 0.4) is 0 Å². The lowest BCUT2D eigenvalue weighted by Crippen LogP contribution is -2.07. The number of aliphatic carboxylic acids is 1. The number of benzene rings is 2. The highest BCUT2D eigenvalue weighted by Gasteiger charge is 2.14. The lowest BCUT2D eigenvalue weighted by atomic mass is 9.90. The van der Waals surface area contributed by atoms with E-state index in [1.807, 2.05) is 48.5 Å². The van der Waals surface area contributed by atoms with Gasteiger partial charge in [-0.05, 0) is 36.3 Å².